The molecule has 0 spiro atoms. The number of phenols is 1. The molecule has 3 N–H and O–H groups in total. The first-order valence-electron chi connectivity index (χ1n) is 8.64. The lowest BCUT2D eigenvalue weighted by Crippen LogP contribution is -2.55. The van der Waals surface area contributed by atoms with Crippen molar-refractivity contribution in [2.24, 2.45) is 17.3 Å². The first-order valence-corrected chi connectivity index (χ1v) is 8.64. The lowest BCUT2D eigenvalue weighted by molar-refractivity contribution is -0.177. The molecule has 23 heavy (non-hydrogen) atoms. The topological polar surface area (TPSA) is 77.8 Å². The lowest BCUT2D eigenvalue weighted by atomic mass is 9.53. The van der Waals surface area contributed by atoms with Crippen LogP contribution >= 0.6 is 0 Å². The van der Waals surface area contributed by atoms with Gasteiger partial charge in [0.25, 0.3) is 0 Å². The zero-order chi connectivity index (χ0) is 16.4. The molecule has 2 saturated carbocycles. The average molecular weight is 316 g/mol. The van der Waals surface area contributed by atoms with Gasteiger partial charge >= 0.3 is 5.97 Å². The van der Waals surface area contributed by atoms with E-state index >= 15 is 0 Å². The molecule has 1 unspecified atom stereocenters. The van der Waals surface area contributed by atoms with E-state index in [1.807, 2.05) is 19.1 Å². The maximum Gasteiger partial charge on any atom is 0.336 e. The number of benzene rings is 1. The highest BCUT2D eigenvalue weighted by atomic mass is 16.4. The maximum atomic E-state index is 11.7. The van der Waals surface area contributed by atoms with Gasteiger partial charge in [-0.2, -0.15) is 0 Å². The molecule has 0 amide bonds. The van der Waals surface area contributed by atoms with Gasteiger partial charge in [-0.25, -0.2) is 4.79 Å². The molecule has 5 atom stereocenters. The Morgan fingerprint density at radius 3 is 2.74 bits per heavy atom. The molecule has 4 heteroatoms. The summed E-state index contributed by atoms with van der Waals surface area (Å²) in [6, 6.07) is 5.68. The standard InChI is InChI=1S/C19H24O4/c1-18-8-6-14-13-5-3-12(20)10-11(13)2-4-15(14)16(18)7-9-19(18,23)17(21)22/h3,5,10,14-16,20,23H,2,4,6-9H2,1H3,(H,21,22)/t14-,15-,16+,18+,19?/m1/s1. The number of carbonyl (C=O) groups is 1. The third kappa shape index (κ3) is 1.84. The molecule has 4 nitrogen and oxygen atoms in total. The summed E-state index contributed by atoms with van der Waals surface area (Å²) in [5.74, 6) is 0.420. The minimum absolute atomic E-state index is 0.268. The minimum Gasteiger partial charge on any atom is -0.508 e. The van der Waals surface area contributed by atoms with Crippen LogP contribution in [0.4, 0.5) is 0 Å². The molecule has 0 radical (unpaired) electrons. The molecule has 2 fully saturated rings. The number of rotatable bonds is 1. The van der Waals surface area contributed by atoms with Crippen molar-refractivity contribution >= 4 is 5.97 Å². The Hall–Kier alpha value is -1.55. The fourth-order valence-corrected chi connectivity index (χ4v) is 5.94. The van der Waals surface area contributed by atoms with Crippen LogP contribution in [0.15, 0.2) is 18.2 Å². The zero-order valence-corrected chi connectivity index (χ0v) is 13.5. The van der Waals surface area contributed by atoms with E-state index in [-0.39, 0.29) is 5.92 Å². The van der Waals surface area contributed by atoms with Gasteiger partial charge in [-0.05, 0) is 79.5 Å². The van der Waals surface area contributed by atoms with E-state index in [0.717, 1.165) is 32.1 Å². The summed E-state index contributed by atoms with van der Waals surface area (Å²) in [4.78, 5) is 11.7. The van der Waals surface area contributed by atoms with E-state index in [2.05, 4.69) is 0 Å². The summed E-state index contributed by atoms with van der Waals surface area (Å²) in [7, 11) is 0. The second-order valence-electron chi connectivity index (χ2n) is 7.96. The van der Waals surface area contributed by atoms with Crippen LogP contribution in [0.5, 0.6) is 5.75 Å². The number of carboxylic acids is 1. The van der Waals surface area contributed by atoms with Gasteiger partial charge in [0.2, 0.25) is 0 Å². The molecule has 0 bridgehead atoms. The van der Waals surface area contributed by atoms with E-state index in [1.165, 1.54) is 11.1 Å². The molecular formula is C19H24O4. The van der Waals surface area contributed by atoms with Crippen molar-refractivity contribution < 1.29 is 20.1 Å². The quantitative estimate of drug-likeness (QED) is 0.744. The highest BCUT2D eigenvalue weighted by Gasteiger charge is 2.64. The number of aliphatic carboxylic acids is 1. The number of aryl methyl sites for hydroxylation is 1. The van der Waals surface area contributed by atoms with Gasteiger partial charge in [0.15, 0.2) is 5.60 Å². The highest BCUT2D eigenvalue weighted by Crippen LogP contribution is 2.64. The number of hydrogen-bond donors (Lipinski definition) is 3. The molecule has 0 heterocycles. The minimum atomic E-state index is -1.57. The Labute approximate surface area is 136 Å². The van der Waals surface area contributed by atoms with Crippen molar-refractivity contribution in [1.82, 2.24) is 0 Å². The number of aromatic hydroxyl groups is 1. The monoisotopic (exact) mass is 316 g/mol. The van der Waals surface area contributed by atoms with Crippen LogP contribution in [-0.2, 0) is 11.2 Å². The van der Waals surface area contributed by atoms with E-state index in [9.17, 15) is 20.1 Å². The van der Waals surface area contributed by atoms with E-state index < -0.39 is 17.0 Å². The molecule has 1 aromatic rings. The molecular weight excluding hydrogens is 292 g/mol. The Kier molecular flexibility index (Phi) is 3.08. The number of carboxylic acid groups (broad SMARTS) is 1. The Morgan fingerprint density at radius 1 is 1.22 bits per heavy atom. The molecule has 124 valence electrons. The fraction of sp³-hybridized carbons (Fsp3) is 0.632. The third-order valence-corrected chi connectivity index (χ3v) is 7.22. The molecule has 3 aliphatic carbocycles. The SMILES string of the molecule is C[C@]12CC[C@@H]3c4ccc(O)cc4CC[C@H]3[C@@H]1CCC2(O)C(=O)O. The second kappa shape index (κ2) is 4.73. The smallest absolute Gasteiger partial charge is 0.336 e. The molecule has 4 rings (SSSR count). The van der Waals surface area contributed by atoms with Gasteiger partial charge in [0, 0.05) is 5.41 Å². The van der Waals surface area contributed by atoms with Crippen molar-refractivity contribution in [3.05, 3.63) is 29.3 Å². The highest BCUT2D eigenvalue weighted by molar-refractivity contribution is 5.79. The van der Waals surface area contributed by atoms with E-state index in [4.69, 9.17) is 0 Å². The van der Waals surface area contributed by atoms with E-state index in [1.54, 1.807) is 6.07 Å². The number of phenolic OH excluding ortho intramolecular Hbond substituents is 1. The first kappa shape index (κ1) is 15.0. The van der Waals surface area contributed by atoms with E-state index in [0.29, 0.717) is 24.0 Å². The summed E-state index contributed by atoms with van der Waals surface area (Å²) in [6.07, 6.45) is 4.80. The van der Waals surface area contributed by atoms with Crippen LogP contribution in [0.3, 0.4) is 0 Å². The van der Waals surface area contributed by atoms with Crippen LogP contribution in [0.1, 0.15) is 56.1 Å². The summed E-state index contributed by atoms with van der Waals surface area (Å²) >= 11 is 0. The van der Waals surface area contributed by atoms with Crippen molar-refractivity contribution in [3.63, 3.8) is 0 Å². The number of fused-ring (bicyclic) bond motifs is 5. The average Bonchev–Trinajstić information content (AvgIpc) is 2.80. The Bertz CT molecular complexity index is 669. The first-order chi connectivity index (χ1) is 10.9. The second-order valence-corrected chi connectivity index (χ2v) is 7.96. The van der Waals surface area contributed by atoms with Crippen LogP contribution in [0, 0.1) is 17.3 Å². The van der Waals surface area contributed by atoms with Gasteiger partial charge < -0.3 is 15.3 Å². The van der Waals surface area contributed by atoms with Gasteiger partial charge in [0.05, 0.1) is 0 Å². The molecule has 0 aromatic heterocycles. The summed E-state index contributed by atoms with van der Waals surface area (Å²) in [6.45, 7) is 1.99. The van der Waals surface area contributed by atoms with Crippen molar-refractivity contribution in [2.45, 2.75) is 57.0 Å². The zero-order valence-electron chi connectivity index (χ0n) is 13.5. The molecule has 0 saturated heterocycles. The lowest BCUT2D eigenvalue weighted by Gasteiger charge is -2.52. The fourth-order valence-electron chi connectivity index (χ4n) is 5.94. The predicted octanol–water partition coefficient (Wildman–Crippen LogP) is 3.06. The molecule has 0 aliphatic heterocycles. The number of hydrogen-bond acceptors (Lipinski definition) is 3. The number of aliphatic hydroxyl groups is 1. The summed E-state index contributed by atoms with van der Waals surface area (Å²) in [5, 5.41) is 30.1. The van der Waals surface area contributed by atoms with Gasteiger partial charge in [-0.3, -0.25) is 0 Å². The van der Waals surface area contributed by atoms with Gasteiger partial charge in [-0.15, -0.1) is 0 Å². The van der Waals surface area contributed by atoms with Crippen LogP contribution < -0.4 is 0 Å². The van der Waals surface area contributed by atoms with Crippen molar-refractivity contribution in [2.75, 3.05) is 0 Å². The molecule has 3 aliphatic rings. The summed E-state index contributed by atoms with van der Waals surface area (Å²) in [5.41, 5.74) is 0.472. The predicted molar refractivity (Wildman–Crippen MR) is 85.3 cm³/mol. The van der Waals surface area contributed by atoms with Crippen molar-refractivity contribution in [3.8, 4) is 5.75 Å². The van der Waals surface area contributed by atoms with Gasteiger partial charge in [0.1, 0.15) is 5.75 Å². The Balaban J connectivity index is 1.71. The van der Waals surface area contributed by atoms with Crippen LogP contribution in [0.2, 0.25) is 0 Å². The largest absolute Gasteiger partial charge is 0.508 e. The van der Waals surface area contributed by atoms with Crippen molar-refractivity contribution in [1.29, 1.82) is 0 Å². The van der Waals surface area contributed by atoms with Gasteiger partial charge in [-0.1, -0.05) is 13.0 Å². The Morgan fingerprint density at radius 2 is 2.00 bits per heavy atom. The third-order valence-electron chi connectivity index (χ3n) is 7.22. The summed E-state index contributed by atoms with van der Waals surface area (Å²) < 4.78 is 0. The van der Waals surface area contributed by atoms with Crippen LogP contribution in [-0.4, -0.2) is 26.9 Å². The maximum absolute atomic E-state index is 11.7. The molecule has 1 aromatic carbocycles. The normalized spacial score (nSPS) is 41.7. The van der Waals surface area contributed by atoms with Crippen LogP contribution in [0.25, 0.3) is 0 Å².